The van der Waals surface area contributed by atoms with Crippen LogP contribution in [0.2, 0.25) is 0 Å². The lowest BCUT2D eigenvalue weighted by molar-refractivity contribution is -0.137. The van der Waals surface area contributed by atoms with Gasteiger partial charge >= 0.3 is 5.97 Å². The molecule has 4 heteroatoms. The van der Waals surface area contributed by atoms with Crippen molar-refractivity contribution in [1.82, 2.24) is 9.55 Å². The molecule has 104 valence electrons. The van der Waals surface area contributed by atoms with Gasteiger partial charge in [-0.1, -0.05) is 0 Å². The van der Waals surface area contributed by atoms with Gasteiger partial charge in [-0.05, 0) is 43.2 Å². The molecule has 0 radical (unpaired) electrons. The summed E-state index contributed by atoms with van der Waals surface area (Å²) in [7, 11) is 1.96. The van der Waals surface area contributed by atoms with Crippen LogP contribution in [-0.4, -0.2) is 22.1 Å². The maximum absolute atomic E-state index is 11.5. The first-order chi connectivity index (χ1) is 9.61. The highest BCUT2D eigenvalue weighted by molar-refractivity contribution is 5.91. The fraction of sp³-hybridized carbons (Fsp3) is 0.250. The molecule has 0 fully saturated rings. The lowest BCUT2D eigenvalue weighted by Crippen LogP contribution is -2.01. The molecule has 20 heavy (non-hydrogen) atoms. The van der Waals surface area contributed by atoms with Crippen LogP contribution in [-0.2, 0) is 16.6 Å². The van der Waals surface area contributed by atoms with Crippen molar-refractivity contribution in [2.75, 3.05) is 6.61 Å². The van der Waals surface area contributed by atoms with E-state index in [1.54, 1.807) is 19.3 Å². The molecule has 0 spiro atoms. The van der Waals surface area contributed by atoms with Gasteiger partial charge in [-0.15, -0.1) is 0 Å². The summed E-state index contributed by atoms with van der Waals surface area (Å²) < 4.78 is 6.93. The maximum Gasteiger partial charge on any atom is 0.331 e. The normalized spacial score (nSPS) is 11.4. The van der Waals surface area contributed by atoms with Crippen molar-refractivity contribution >= 4 is 11.5 Å². The molecule has 2 aromatic heterocycles. The third-order valence-electron chi connectivity index (χ3n) is 3.04. The number of hydrogen-bond acceptors (Lipinski definition) is 3. The zero-order valence-electron chi connectivity index (χ0n) is 12.0. The van der Waals surface area contributed by atoms with Crippen LogP contribution in [0.1, 0.15) is 19.5 Å². The lowest BCUT2D eigenvalue weighted by atomic mass is 10.1. The van der Waals surface area contributed by atoms with E-state index in [2.05, 4.69) is 11.1 Å². The molecule has 0 bridgehead atoms. The van der Waals surface area contributed by atoms with Crippen LogP contribution >= 0.6 is 0 Å². The fourth-order valence-electron chi connectivity index (χ4n) is 2.09. The highest BCUT2D eigenvalue weighted by Gasteiger charge is 2.08. The number of allylic oxidation sites excluding steroid dienone is 1. The number of esters is 1. The molecule has 0 unspecified atom stereocenters. The monoisotopic (exact) mass is 270 g/mol. The Hall–Kier alpha value is -2.36. The summed E-state index contributed by atoms with van der Waals surface area (Å²) >= 11 is 0. The molecule has 0 aliphatic rings. The average Bonchev–Trinajstić information content (AvgIpc) is 2.82. The Balaban J connectivity index is 2.30. The summed E-state index contributed by atoms with van der Waals surface area (Å²) in [5, 5.41) is 0. The number of aromatic nitrogens is 2. The molecule has 2 rings (SSSR count). The molecule has 4 nitrogen and oxygen atoms in total. The van der Waals surface area contributed by atoms with Crippen LogP contribution in [0.5, 0.6) is 0 Å². The highest BCUT2D eigenvalue weighted by Crippen LogP contribution is 2.24. The first-order valence-electron chi connectivity index (χ1n) is 6.54. The topological polar surface area (TPSA) is 44.1 Å². The van der Waals surface area contributed by atoms with Gasteiger partial charge in [-0.2, -0.15) is 0 Å². The molecule has 0 saturated carbocycles. The number of carbonyl (C=O) groups excluding carboxylic acids is 1. The van der Waals surface area contributed by atoms with E-state index in [4.69, 9.17) is 4.74 Å². The Labute approximate surface area is 118 Å². The molecule has 0 N–H and O–H groups in total. The summed E-state index contributed by atoms with van der Waals surface area (Å²) in [5.74, 6) is -0.309. The Morgan fingerprint density at radius 2 is 2.05 bits per heavy atom. The molecule has 0 aliphatic carbocycles. The second-order valence-corrected chi connectivity index (χ2v) is 4.54. The summed E-state index contributed by atoms with van der Waals surface area (Å²) in [6, 6.07) is 5.98. The van der Waals surface area contributed by atoms with E-state index in [1.807, 2.05) is 36.9 Å². The second-order valence-electron chi connectivity index (χ2n) is 4.54. The first-order valence-corrected chi connectivity index (χ1v) is 6.54. The fourth-order valence-corrected chi connectivity index (χ4v) is 2.09. The van der Waals surface area contributed by atoms with Crippen molar-refractivity contribution in [2.24, 2.45) is 7.05 Å². The number of nitrogens with zero attached hydrogens (tertiary/aromatic N) is 2. The van der Waals surface area contributed by atoms with Crippen molar-refractivity contribution in [1.29, 1.82) is 0 Å². The van der Waals surface area contributed by atoms with E-state index >= 15 is 0 Å². The van der Waals surface area contributed by atoms with Gasteiger partial charge < -0.3 is 9.30 Å². The summed E-state index contributed by atoms with van der Waals surface area (Å²) in [5.41, 5.74) is 4.07. The molecule has 2 heterocycles. The Morgan fingerprint density at radius 3 is 2.70 bits per heavy atom. The van der Waals surface area contributed by atoms with Crippen LogP contribution < -0.4 is 0 Å². The molecule has 0 atom stereocenters. The van der Waals surface area contributed by atoms with Gasteiger partial charge in [0.25, 0.3) is 0 Å². The van der Waals surface area contributed by atoms with E-state index in [1.165, 1.54) is 6.08 Å². The van der Waals surface area contributed by atoms with Crippen molar-refractivity contribution in [3.63, 3.8) is 0 Å². The SMILES string of the molecule is CCOC(=O)/C=C(/C)c1cc(-c2ccncc2)cn1C. The smallest absolute Gasteiger partial charge is 0.331 e. The minimum atomic E-state index is -0.309. The molecular formula is C16H18N2O2. The number of hydrogen-bond donors (Lipinski definition) is 0. The lowest BCUT2D eigenvalue weighted by Gasteiger charge is -2.03. The highest BCUT2D eigenvalue weighted by atomic mass is 16.5. The number of carbonyl (C=O) groups is 1. The van der Waals surface area contributed by atoms with Gasteiger partial charge in [0.15, 0.2) is 0 Å². The standard InChI is InChI=1S/C16H18N2O2/c1-4-20-16(19)9-12(2)15-10-14(11-18(15)3)13-5-7-17-8-6-13/h5-11H,4H2,1-3H3/b12-9-. The summed E-state index contributed by atoms with van der Waals surface area (Å²) in [6.07, 6.45) is 7.09. The quantitative estimate of drug-likeness (QED) is 0.633. The van der Waals surface area contributed by atoms with E-state index in [0.29, 0.717) is 6.61 Å². The first kappa shape index (κ1) is 14.1. The molecule has 2 aromatic rings. The van der Waals surface area contributed by atoms with E-state index in [-0.39, 0.29) is 5.97 Å². The van der Waals surface area contributed by atoms with Crippen molar-refractivity contribution in [2.45, 2.75) is 13.8 Å². The third-order valence-corrected chi connectivity index (χ3v) is 3.04. The predicted molar refractivity (Wildman–Crippen MR) is 78.9 cm³/mol. The van der Waals surface area contributed by atoms with Crippen molar-refractivity contribution in [3.05, 3.63) is 48.6 Å². The second kappa shape index (κ2) is 6.19. The molecule has 0 aromatic carbocycles. The van der Waals surface area contributed by atoms with E-state index < -0.39 is 0 Å². The van der Waals surface area contributed by atoms with Gasteiger partial charge in [0.2, 0.25) is 0 Å². The van der Waals surface area contributed by atoms with E-state index in [0.717, 1.165) is 22.4 Å². The summed E-state index contributed by atoms with van der Waals surface area (Å²) in [6.45, 7) is 4.09. The van der Waals surface area contributed by atoms with E-state index in [9.17, 15) is 4.79 Å². The van der Waals surface area contributed by atoms with Gasteiger partial charge in [0.1, 0.15) is 0 Å². The molecular weight excluding hydrogens is 252 g/mol. The molecule has 0 amide bonds. The van der Waals surface area contributed by atoms with Crippen LogP contribution in [0.3, 0.4) is 0 Å². The van der Waals surface area contributed by atoms with Crippen LogP contribution in [0, 0.1) is 0 Å². The minimum absolute atomic E-state index is 0.309. The number of pyridine rings is 1. The van der Waals surface area contributed by atoms with Gasteiger partial charge in [0, 0.05) is 43.0 Å². The molecule has 0 saturated heterocycles. The largest absolute Gasteiger partial charge is 0.463 e. The zero-order valence-corrected chi connectivity index (χ0v) is 12.0. The Bertz CT molecular complexity index is 627. The third kappa shape index (κ3) is 3.15. The Kier molecular flexibility index (Phi) is 4.35. The van der Waals surface area contributed by atoms with Crippen molar-refractivity contribution < 1.29 is 9.53 Å². The number of aryl methyl sites for hydroxylation is 1. The predicted octanol–water partition coefficient (Wildman–Crippen LogP) is 3.05. The van der Waals surface area contributed by atoms with Crippen LogP contribution in [0.25, 0.3) is 16.7 Å². The average molecular weight is 270 g/mol. The molecule has 0 aliphatic heterocycles. The van der Waals surface area contributed by atoms with Crippen molar-refractivity contribution in [3.8, 4) is 11.1 Å². The van der Waals surface area contributed by atoms with Crippen LogP contribution in [0.15, 0.2) is 42.9 Å². The zero-order chi connectivity index (χ0) is 14.5. The van der Waals surface area contributed by atoms with Crippen LogP contribution in [0.4, 0.5) is 0 Å². The number of ether oxygens (including phenoxy) is 1. The Morgan fingerprint density at radius 1 is 1.35 bits per heavy atom. The van der Waals surface area contributed by atoms with Gasteiger partial charge in [-0.25, -0.2) is 4.79 Å². The van der Waals surface area contributed by atoms with Gasteiger partial charge in [-0.3, -0.25) is 4.98 Å². The maximum atomic E-state index is 11.5. The van der Waals surface area contributed by atoms with Gasteiger partial charge in [0.05, 0.1) is 6.61 Å². The number of rotatable bonds is 4. The minimum Gasteiger partial charge on any atom is -0.463 e. The summed E-state index contributed by atoms with van der Waals surface area (Å²) in [4.78, 5) is 15.5.